The number of nitrogens with zero attached hydrogens (tertiary/aromatic N) is 1. The number of fused-ring (bicyclic) bond motifs is 1. The number of aromatic nitrogens is 1. The van der Waals surface area contributed by atoms with Gasteiger partial charge in [0.2, 0.25) is 5.88 Å². The van der Waals surface area contributed by atoms with Crippen LogP contribution >= 0.6 is 11.6 Å². The van der Waals surface area contributed by atoms with Crippen molar-refractivity contribution in [3.05, 3.63) is 70.1 Å². The van der Waals surface area contributed by atoms with E-state index in [-0.39, 0.29) is 35.2 Å². The zero-order valence-electron chi connectivity index (χ0n) is 16.9. The maximum Gasteiger partial charge on any atom is 0.417 e. The third-order valence-electron chi connectivity index (χ3n) is 4.81. The van der Waals surface area contributed by atoms with Crippen molar-refractivity contribution in [3.63, 3.8) is 0 Å². The molecule has 0 saturated heterocycles. The van der Waals surface area contributed by atoms with Crippen molar-refractivity contribution in [1.82, 2.24) is 4.98 Å². The molecule has 0 bridgehead atoms. The standard InChI is InChI=1S/C22H15ClF4N2O4/c1-31-19-8-11(4-6-28-19)29-21(30)13-9-15(23)14(22(25,26)27)10-18(13)33-17-3-2-16(24)20-12(17)5-7-32-20/h2-4,6,8-10H,5,7H2,1H3,(H,28,29,30). The summed E-state index contributed by atoms with van der Waals surface area (Å²) >= 11 is 5.84. The molecule has 0 radical (unpaired) electrons. The van der Waals surface area contributed by atoms with Crippen LogP contribution < -0.4 is 19.5 Å². The van der Waals surface area contributed by atoms with Crippen molar-refractivity contribution in [2.24, 2.45) is 0 Å². The number of rotatable bonds is 5. The number of amides is 1. The van der Waals surface area contributed by atoms with Crippen LogP contribution in [0.15, 0.2) is 42.6 Å². The van der Waals surface area contributed by atoms with E-state index in [1.54, 1.807) is 0 Å². The molecule has 0 fully saturated rings. The molecule has 4 rings (SSSR count). The molecule has 0 aliphatic carbocycles. The SMILES string of the molecule is COc1cc(NC(=O)c2cc(Cl)c(C(F)(F)F)cc2Oc2ccc(F)c3c2CCO3)ccn1. The van der Waals surface area contributed by atoms with Crippen molar-refractivity contribution < 1.29 is 36.6 Å². The Labute approximate surface area is 190 Å². The Bertz CT molecular complexity index is 1230. The van der Waals surface area contributed by atoms with E-state index in [9.17, 15) is 22.4 Å². The summed E-state index contributed by atoms with van der Waals surface area (Å²) in [5.74, 6) is -1.57. The Balaban J connectivity index is 1.76. The molecule has 1 aliphatic rings. The maximum absolute atomic E-state index is 14.0. The van der Waals surface area contributed by atoms with E-state index >= 15 is 0 Å². The highest BCUT2D eigenvalue weighted by molar-refractivity contribution is 6.32. The number of alkyl halides is 3. The largest absolute Gasteiger partial charge is 0.490 e. The number of carbonyl (C=O) groups is 1. The van der Waals surface area contributed by atoms with Gasteiger partial charge in [-0.15, -0.1) is 0 Å². The second kappa shape index (κ2) is 8.78. The molecule has 3 aromatic rings. The van der Waals surface area contributed by atoms with E-state index in [0.29, 0.717) is 18.1 Å². The van der Waals surface area contributed by atoms with Gasteiger partial charge in [0, 0.05) is 29.9 Å². The second-order valence-electron chi connectivity index (χ2n) is 6.92. The monoisotopic (exact) mass is 482 g/mol. The molecule has 0 spiro atoms. The van der Waals surface area contributed by atoms with Gasteiger partial charge in [0.15, 0.2) is 11.6 Å². The molecule has 2 heterocycles. The van der Waals surface area contributed by atoms with Gasteiger partial charge in [-0.1, -0.05) is 11.6 Å². The molecule has 6 nitrogen and oxygen atoms in total. The van der Waals surface area contributed by atoms with Crippen LogP contribution in [0, 0.1) is 5.82 Å². The molecule has 0 atom stereocenters. The lowest BCUT2D eigenvalue weighted by Gasteiger charge is -2.17. The van der Waals surface area contributed by atoms with Crippen molar-refractivity contribution in [1.29, 1.82) is 0 Å². The van der Waals surface area contributed by atoms with Gasteiger partial charge in [-0.2, -0.15) is 13.2 Å². The Morgan fingerprint density at radius 2 is 1.97 bits per heavy atom. The first kappa shape index (κ1) is 22.7. The van der Waals surface area contributed by atoms with Crippen LogP contribution in [0.25, 0.3) is 0 Å². The van der Waals surface area contributed by atoms with Crippen LogP contribution in [0.5, 0.6) is 23.1 Å². The number of carbonyl (C=O) groups excluding carboxylic acids is 1. The highest BCUT2D eigenvalue weighted by atomic mass is 35.5. The number of hydrogen-bond acceptors (Lipinski definition) is 5. The van der Waals surface area contributed by atoms with Gasteiger partial charge in [0.25, 0.3) is 5.91 Å². The van der Waals surface area contributed by atoms with Crippen molar-refractivity contribution in [2.45, 2.75) is 12.6 Å². The van der Waals surface area contributed by atoms with E-state index in [0.717, 1.165) is 12.1 Å². The first-order valence-corrected chi connectivity index (χ1v) is 9.89. The molecule has 0 unspecified atom stereocenters. The summed E-state index contributed by atoms with van der Waals surface area (Å²) in [6.45, 7) is 0.193. The highest BCUT2D eigenvalue weighted by Crippen LogP contribution is 2.42. The van der Waals surface area contributed by atoms with Gasteiger partial charge in [0.05, 0.1) is 29.9 Å². The average molecular weight is 483 g/mol. The Hall–Kier alpha value is -3.53. The minimum absolute atomic E-state index is 0.0348. The number of halogens is 5. The zero-order chi connectivity index (χ0) is 23.8. The van der Waals surface area contributed by atoms with Gasteiger partial charge in [-0.25, -0.2) is 9.37 Å². The number of ether oxygens (including phenoxy) is 3. The molecular formula is C22H15ClF4N2O4. The Morgan fingerprint density at radius 3 is 2.70 bits per heavy atom. The lowest BCUT2D eigenvalue weighted by Crippen LogP contribution is -2.15. The normalized spacial score (nSPS) is 12.7. The smallest absolute Gasteiger partial charge is 0.417 e. The average Bonchev–Trinajstić information content (AvgIpc) is 3.27. The summed E-state index contributed by atoms with van der Waals surface area (Å²) in [5.41, 5.74) is -0.814. The summed E-state index contributed by atoms with van der Waals surface area (Å²) in [4.78, 5) is 16.9. The van der Waals surface area contributed by atoms with E-state index < -0.39 is 34.2 Å². The zero-order valence-corrected chi connectivity index (χ0v) is 17.7. The van der Waals surface area contributed by atoms with Crippen LogP contribution in [0.4, 0.5) is 23.2 Å². The van der Waals surface area contributed by atoms with Crippen molar-refractivity contribution >= 4 is 23.2 Å². The molecular weight excluding hydrogens is 468 g/mol. The quantitative estimate of drug-likeness (QED) is 0.460. The number of methoxy groups -OCH3 is 1. The second-order valence-corrected chi connectivity index (χ2v) is 7.33. The molecule has 1 N–H and O–H groups in total. The molecule has 1 amide bonds. The minimum Gasteiger partial charge on any atom is -0.490 e. The Morgan fingerprint density at radius 1 is 1.18 bits per heavy atom. The first-order chi connectivity index (χ1) is 15.7. The summed E-state index contributed by atoms with van der Waals surface area (Å²) in [5, 5.41) is 1.86. The third kappa shape index (κ3) is 4.65. The lowest BCUT2D eigenvalue weighted by atomic mass is 10.1. The molecule has 1 aromatic heterocycles. The van der Waals surface area contributed by atoms with Crippen LogP contribution in [-0.4, -0.2) is 24.6 Å². The summed E-state index contributed by atoms with van der Waals surface area (Å²) in [6, 6.07) is 6.73. The molecule has 0 saturated carbocycles. The maximum atomic E-state index is 14.0. The molecule has 33 heavy (non-hydrogen) atoms. The van der Waals surface area contributed by atoms with Crippen molar-refractivity contribution in [3.8, 4) is 23.1 Å². The number of benzene rings is 2. The van der Waals surface area contributed by atoms with Crippen LogP contribution in [0.3, 0.4) is 0 Å². The van der Waals surface area contributed by atoms with E-state index in [2.05, 4.69) is 10.3 Å². The van der Waals surface area contributed by atoms with Gasteiger partial charge >= 0.3 is 6.18 Å². The Kier molecular flexibility index (Phi) is 6.03. The van der Waals surface area contributed by atoms with Gasteiger partial charge in [-0.3, -0.25) is 4.79 Å². The number of pyridine rings is 1. The molecule has 2 aromatic carbocycles. The van der Waals surface area contributed by atoms with E-state index in [4.69, 9.17) is 25.8 Å². The fourth-order valence-electron chi connectivity index (χ4n) is 3.27. The highest BCUT2D eigenvalue weighted by Gasteiger charge is 2.35. The molecule has 1 aliphatic heterocycles. The van der Waals surface area contributed by atoms with E-state index in [1.165, 1.54) is 31.5 Å². The minimum atomic E-state index is -4.80. The van der Waals surface area contributed by atoms with Gasteiger partial charge in [0.1, 0.15) is 11.5 Å². The van der Waals surface area contributed by atoms with Crippen LogP contribution in [0.2, 0.25) is 5.02 Å². The summed E-state index contributed by atoms with van der Waals surface area (Å²) in [7, 11) is 1.39. The summed E-state index contributed by atoms with van der Waals surface area (Å²) in [6.07, 6.45) is -3.12. The fraction of sp³-hybridized carbons (Fsp3) is 0.182. The van der Waals surface area contributed by atoms with Gasteiger partial charge in [-0.05, 0) is 30.3 Å². The predicted octanol–water partition coefficient (Wildman–Crippen LogP) is 5.88. The predicted molar refractivity (Wildman–Crippen MR) is 111 cm³/mol. The number of hydrogen-bond donors (Lipinski definition) is 1. The number of anilines is 1. The first-order valence-electron chi connectivity index (χ1n) is 9.51. The molecule has 172 valence electrons. The van der Waals surface area contributed by atoms with Gasteiger partial charge < -0.3 is 19.5 Å². The third-order valence-corrected chi connectivity index (χ3v) is 5.12. The number of nitrogens with one attached hydrogen (secondary N) is 1. The topological polar surface area (TPSA) is 69.7 Å². The van der Waals surface area contributed by atoms with Crippen LogP contribution in [0.1, 0.15) is 21.5 Å². The van der Waals surface area contributed by atoms with Crippen LogP contribution in [-0.2, 0) is 12.6 Å². The van der Waals surface area contributed by atoms with E-state index in [1.807, 2.05) is 0 Å². The fourth-order valence-corrected chi connectivity index (χ4v) is 3.54. The molecule has 11 heteroatoms. The van der Waals surface area contributed by atoms with Crippen molar-refractivity contribution in [2.75, 3.05) is 19.0 Å². The summed E-state index contributed by atoms with van der Waals surface area (Å²) < 4.78 is 70.3. The lowest BCUT2D eigenvalue weighted by molar-refractivity contribution is -0.137.